The number of hydrogen-bond donors (Lipinski definition) is 1. The number of halogens is 1. The molecule has 3 aromatic carbocycles. The van der Waals surface area contributed by atoms with Gasteiger partial charge in [0, 0.05) is 5.69 Å². The van der Waals surface area contributed by atoms with Gasteiger partial charge in [-0.05, 0) is 48.1 Å². The first-order chi connectivity index (χ1) is 11.8. The number of anilines is 1. The summed E-state index contributed by atoms with van der Waals surface area (Å²) >= 11 is 0. The molecule has 0 aliphatic rings. The van der Waals surface area contributed by atoms with Gasteiger partial charge in [-0.3, -0.25) is 0 Å². The highest BCUT2D eigenvalue weighted by molar-refractivity contribution is 5.85. The minimum Gasteiger partial charge on any atom is -0.489 e. The molecule has 3 rings (SSSR count). The van der Waals surface area contributed by atoms with E-state index in [9.17, 15) is 0 Å². The predicted molar refractivity (Wildman–Crippen MR) is 107 cm³/mol. The standard InChI is InChI=1S/C22H23NO.ClH/c23-21-15-6-4-11-19(21)13-8-14-20-12-5-7-16-22(20)24-17-18-9-2-1-3-10-18;/h1-7,9-12,15-16H,8,13-14,17,23H2;1H. The Morgan fingerprint density at radius 3 is 2.04 bits per heavy atom. The summed E-state index contributed by atoms with van der Waals surface area (Å²) in [6.45, 7) is 0.601. The predicted octanol–water partition coefficient (Wildman–Crippen LogP) is 5.44. The van der Waals surface area contributed by atoms with E-state index in [2.05, 4.69) is 36.4 Å². The van der Waals surface area contributed by atoms with Crippen molar-refractivity contribution in [2.45, 2.75) is 25.9 Å². The highest BCUT2D eigenvalue weighted by Crippen LogP contribution is 2.22. The zero-order chi connectivity index (χ0) is 16.6. The van der Waals surface area contributed by atoms with E-state index >= 15 is 0 Å². The summed E-state index contributed by atoms with van der Waals surface area (Å²) in [5.74, 6) is 0.974. The van der Waals surface area contributed by atoms with Crippen LogP contribution in [0, 0.1) is 0 Å². The molecule has 0 aromatic heterocycles. The highest BCUT2D eigenvalue weighted by Gasteiger charge is 2.05. The molecule has 0 saturated heterocycles. The lowest BCUT2D eigenvalue weighted by Crippen LogP contribution is -2.00. The summed E-state index contributed by atoms with van der Waals surface area (Å²) in [7, 11) is 0. The molecule has 0 fully saturated rings. The van der Waals surface area contributed by atoms with Gasteiger partial charge in [-0.2, -0.15) is 0 Å². The first-order valence-corrected chi connectivity index (χ1v) is 8.41. The Hall–Kier alpha value is -2.45. The molecular weight excluding hydrogens is 330 g/mol. The van der Waals surface area contributed by atoms with Crippen molar-refractivity contribution in [1.82, 2.24) is 0 Å². The van der Waals surface area contributed by atoms with Crippen molar-refractivity contribution in [3.8, 4) is 5.75 Å². The fourth-order valence-electron chi connectivity index (χ4n) is 2.82. The summed E-state index contributed by atoms with van der Waals surface area (Å²) in [4.78, 5) is 0. The van der Waals surface area contributed by atoms with Crippen molar-refractivity contribution in [3.63, 3.8) is 0 Å². The van der Waals surface area contributed by atoms with E-state index < -0.39 is 0 Å². The molecule has 0 atom stereocenters. The minimum atomic E-state index is 0. The van der Waals surface area contributed by atoms with Crippen LogP contribution in [0.1, 0.15) is 23.1 Å². The molecule has 3 heteroatoms. The Kier molecular flexibility index (Phi) is 7.36. The van der Waals surface area contributed by atoms with E-state index in [0.717, 1.165) is 30.7 Å². The van der Waals surface area contributed by atoms with Crippen molar-refractivity contribution >= 4 is 18.1 Å². The number of nitrogens with two attached hydrogens (primary N) is 1. The number of rotatable bonds is 7. The third kappa shape index (κ3) is 5.54. The van der Waals surface area contributed by atoms with E-state index in [4.69, 9.17) is 10.5 Å². The quantitative estimate of drug-likeness (QED) is 0.573. The van der Waals surface area contributed by atoms with E-state index in [1.165, 1.54) is 16.7 Å². The lowest BCUT2D eigenvalue weighted by Gasteiger charge is -2.12. The second-order valence-corrected chi connectivity index (χ2v) is 5.93. The van der Waals surface area contributed by atoms with Gasteiger partial charge in [0.25, 0.3) is 0 Å². The molecule has 0 amide bonds. The number of aryl methyl sites for hydroxylation is 2. The number of para-hydroxylation sites is 2. The molecule has 2 N–H and O–H groups in total. The fraction of sp³-hybridized carbons (Fsp3) is 0.182. The molecule has 2 nitrogen and oxygen atoms in total. The Labute approximate surface area is 156 Å². The van der Waals surface area contributed by atoms with Crippen LogP contribution in [0.25, 0.3) is 0 Å². The van der Waals surface area contributed by atoms with Gasteiger partial charge in [-0.15, -0.1) is 12.4 Å². The van der Waals surface area contributed by atoms with Gasteiger partial charge in [0.05, 0.1) is 0 Å². The number of benzene rings is 3. The Bertz CT molecular complexity index is 774. The van der Waals surface area contributed by atoms with Gasteiger partial charge in [-0.25, -0.2) is 0 Å². The molecular formula is C22H24ClNO. The first kappa shape index (κ1) is 18.9. The van der Waals surface area contributed by atoms with Gasteiger partial charge in [0.1, 0.15) is 12.4 Å². The lowest BCUT2D eigenvalue weighted by molar-refractivity contribution is 0.302. The average molecular weight is 354 g/mol. The van der Waals surface area contributed by atoms with Crippen molar-refractivity contribution in [2.75, 3.05) is 5.73 Å². The fourth-order valence-corrected chi connectivity index (χ4v) is 2.82. The van der Waals surface area contributed by atoms with Crippen LogP contribution < -0.4 is 10.5 Å². The second-order valence-electron chi connectivity index (χ2n) is 5.93. The van der Waals surface area contributed by atoms with Crippen molar-refractivity contribution < 1.29 is 4.74 Å². The number of ether oxygens (including phenoxy) is 1. The highest BCUT2D eigenvalue weighted by atomic mass is 35.5. The smallest absolute Gasteiger partial charge is 0.122 e. The number of nitrogen functional groups attached to an aromatic ring is 1. The van der Waals surface area contributed by atoms with Crippen LogP contribution in [-0.4, -0.2) is 0 Å². The topological polar surface area (TPSA) is 35.2 Å². The molecule has 0 saturated carbocycles. The van der Waals surface area contributed by atoms with Crippen molar-refractivity contribution in [2.24, 2.45) is 0 Å². The second kappa shape index (κ2) is 9.75. The molecule has 0 spiro atoms. The zero-order valence-corrected chi connectivity index (χ0v) is 15.0. The van der Waals surface area contributed by atoms with Gasteiger partial charge in [0.2, 0.25) is 0 Å². The molecule has 0 bridgehead atoms. The normalized spacial score (nSPS) is 10.1. The molecule has 25 heavy (non-hydrogen) atoms. The lowest BCUT2D eigenvalue weighted by atomic mass is 10.0. The van der Waals surface area contributed by atoms with E-state index in [0.29, 0.717) is 6.61 Å². The molecule has 0 unspecified atom stereocenters. The molecule has 0 heterocycles. The monoisotopic (exact) mass is 353 g/mol. The van der Waals surface area contributed by atoms with Crippen molar-refractivity contribution in [1.29, 1.82) is 0 Å². The third-order valence-electron chi connectivity index (χ3n) is 4.16. The maximum atomic E-state index is 6.02. The summed E-state index contributed by atoms with van der Waals surface area (Å²) in [6.07, 6.45) is 3.03. The van der Waals surface area contributed by atoms with Crippen molar-refractivity contribution in [3.05, 3.63) is 95.6 Å². The Morgan fingerprint density at radius 2 is 1.28 bits per heavy atom. The Morgan fingerprint density at radius 1 is 0.680 bits per heavy atom. The molecule has 3 aromatic rings. The van der Waals surface area contributed by atoms with E-state index in [1.54, 1.807) is 0 Å². The van der Waals surface area contributed by atoms with Gasteiger partial charge >= 0.3 is 0 Å². The first-order valence-electron chi connectivity index (χ1n) is 8.41. The maximum Gasteiger partial charge on any atom is 0.122 e. The van der Waals surface area contributed by atoms with E-state index in [1.807, 2.05) is 42.5 Å². The number of hydrogen-bond acceptors (Lipinski definition) is 2. The molecule has 0 aliphatic carbocycles. The zero-order valence-electron chi connectivity index (χ0n) is 14.2. The molecule has 0 radical (unpaired) electrons. The minimum absolute atomic E-state index is 0. The van der Waals surface area contributed by atoms with Gasteiger partial charge in [0.15, 0.2) is 0 Å². The van der Waals surface area contributed by atoms with Crippen LogP contribution in [0.15, 0.2) is 78.9 Å². The molecule has 130 valence electrons. The summed E-state index contributed by atoms with van der Waals surface area (Å²) in [5.41, 5.74) is 10.6. The summed E-state index contributed by atoms with van der Waals surface area (Å²) in [5, 5.41) is 0. The van der Waals surface area contributed by atoms with Crippen LogP contribution in [0.4, 0.5) is 5.69 Å². The van der Waals surface area contributed by atoms with Crippen LogP contribution in [-0.2, 0) is 19.4 Å². The average Bonchev–Trinajstić information content (AvgIpc) is 2.63. The SMILES string of the molecule is Cl.Nc1ccccc1CCCc1ccccc1OCc1ccccc1. The van der Waals surface area contributed by atoms with Crippen LogP contribution >= 0.6 is 12.4 Å². The van der Waals surface area contributed by atoms with Crippen LogP contribution in [0.5, 0.6) is 5.75 Å². The summed E-state index contributed by atoms with van der Waals surface area (Å²) in [6, 6.07) is 26.6. The summed E-state index contributed by atoms with van der Waals surface area (Å²) < 4.78 is 6.02. The van der Waals surface area contributed by atoms with E-state index in [-0.39, 0.29) is 12.4 Å². The molecule has 0 aliphatic heterocycles. The maximum absolute atomic E-state index is 6.02. The van der Waals surface area contributed by atoms with Gasteiger partial charge < -0.3 is 10.5 Å². The largest absolute Gasteiger partial charge is 0.489 e. The van der Waals surface area contributed by atoms with Crippen LogP contribution in [0.3, 0.4) is 0 Å². The Balaban J connectivity index is 0.00000225. The van der Waals surface area contributed by atoms with Gasteiger partial charge in [-0.1, -0.05) is 66.7 Å². The third-order valence-corrected chi connectivity index (χ3v) is 4.16. The van der Waals surface area contributed by atoms with Crippen LogP contribution in [0.2, 0.25) is 0 Å².